The zero-order valence-electron chi connectivity index (χ0n) is 10.8. The number of carbonyl (C=O) groups excluding carboxylic acids is 1. The fraction of sp³-hybridized carbons (Fsp3) is 0.385. The van der Waals surface area contributed by atoms with Crippen molar-refractivity contribution in [2.45, 2.75) is 26.2 Å². The maximum atomic E-state index is 12.6. The van der Waals surface area contributed by atoms with Gasteiger partial charge in [0.1, 0.15) is 0 Å². The van der Waals surface area contributed by atoms with Gasteiger partial charge in [-0.2, -0.15) is 0 Å². The molecule has 20 heavy (non-hydrogen) atoms. The highest BCUT2D eigenvalue weighted by atomic mass is 19.3. The van der Waals surface area contributed by atoms with E-state index < -0.39 is 19.1 Å². The minimum absolute atomic E-state index is 0.148. The first-order valence-electron chi connectivity index (χ1n) is 6.10. The molecule has 1 aromatic rings. The van der Waals surface area contributed by atoms with Crippen molar-refractivity contribution in [3.8, 4) is 0 Å². The lowest BCUT2D eigenvalue weighted by molar-refractivity contribution is -0.119. The van der Waals surface area contributed by atoms with E-state index in [0.29, 0.717) is 28.9 Å². The highest BCUT2D eigenvalue weighted by Crippen LogP contribution is 2.33. The summed E-state index contributed by atoms with van der Waals surface area (Å²) in [5.41, 5.74) is 2.12. The van der Waals surface area contributed by atoms with Crippen LogP contribution in [0.5, 0.6) is 0 Å². The summed E-state index contributed by atoms with van der Waals surface area (Å²) in [5.74, 6) is -0.337. The third-order valence-electron chi connectivity index (χ3n) is 3.19. The number of carbonyl (C=O) groups is 2. The second-order valence-corrected chi connectivity index (χ2v) is 4.62. The molecule has 0 saturated carbocycles. The fourth-order valence-electron chi connectivity index (χ4n) is 2.29. The molecule has 5 nitrogen and oxygen atoms in total. The normalized spacial score (nSPS) is 14.4. The molecule has 0 saturated heterocycles. The number of nitrogens with one attached hydrogen (secondary N) is 1. The second kappa shape index (κ2) is 5.44. The van der Waals surface area contributed by atoms with E-state index in [1.54, 1.807) is 19.1 Å². The van der Waals surface area contributed by atoms with Crippen molar-refractivity contribution in [3.05, 3.63) is 23.3 Å². The zero-order valence-corrected chi connectivity index (χ0v) is 10.8. The van der Waals surface area contributed by atoms with E-state index in [1.165, 1.54) is 0 Å². The molecule has 2 N–H and O–H groups in total. The van der Waals surface area contributed by atoms with Gasteiger partial charge in [0.15, 0.2) is 0 Å². The van der Waals surface area contributed by atoms with Gasteiger partial charge in [0.25, 0.3) is 6.43 Å². The van der Waals surface area contributed by atoms with Gasteiger partial charge in [-0.15, -0.1) is 0 Å². The summed E-state index contributed by atoms with van der Waals surface area (Å²) in [7, 11) is 0. The summed E-state index contributed by atoms with van der Waals surface area (Å²) in [6, 6.07) is 3.17. The topological polar surface area (TPSA) is 69.6 Å². The summed E-state index contributed by atoms with van der Waals surface area (Å²) in [6.45, 7) is 1.02. The number of nitrogens with zero attached hydrogens (tertiary/aromatic N) is 1. The number of fused-ring (bicyclic) bond motifs is 1. The van der Waals surface area contributed by atoms with Gasteiger partial charge in [-0.05, 0) is 36.6 Å². The molecule has 2 rings (SSSR count). The van der Waals surface area contributed by atoms with Crippen LogP contribution in [0.3, 0.4) is 0 Å². The van der Waals surface area contributed by atoms with Crippen LogP contribution in [0.4, 0.5) is 25.0 Å². The Morgan fingerprint density at radius 2 is 2.15 bits per heavy atom. The maximum Gasteiger partial charge on any atom is 0.409 e. The van der Waals surface area contributed by atoms with E-state index in [1.807, 2.05) is 0 Å². The van der Waals surface area contributed by atoms with Crippen LogP contribution in [-0.2, 0) is 11.2 Å². The van der Waals surface area contributed by atoms with E-state index in [4.69, 9.17) is 5.11 Å². The first kappa shape index (κ1) is 14.2. The molecule has 2 amide bonds. The van der Waals surface area contributed by atoms with Crippen molar-refractivity contribution in [3.63, 3.8) is 0 Å². The van der Waals surface area contributed by atoms with Gasteiger partial charge >= 0.3 is 6.09 Å². The number of anilines is 2. The average Bonchev–Trinajstić information content (AvgIpc) is 2.34. The molecule has 0 aliphatic carbocycles. The van der Waals surface area contributed by atoms with Gasteiger partial charge in [-0.3, -0.25) is 10.1 Å². The number of aryl methyl sites for hydroxylation is 2. The van der Waals surface area contributed by atoms with Crippen LogP contribution in [0.2, 0.25) is 0 Å². The Labute approximate surface area is 114 Å². The van der Waals surface area contributed by atoms with Crippen LogP contribution < -0.4 is 10.2 Å². The highest BCUT2D eigenvalue weighted by molar-refractivity contribution is 5.97. The molecule has 0 bridgehead atoms. The highest BCUT2D eigenvalue weighted by Gasteiger charge is 2.27. The Bertz CT molecular complexity index is 561. The zero-order chi connectivity index (χ0) is 14.9. The molecule has 0 unspecified atom stereocenters. The number of hydrogen-bond acceptors (Lipinski definition) is 2. The number of hydrogen-bond donors (Lipinski definition) is 2. The van der Waals surface area contributed by atoms with Gasteiger partial charge in [-0.1, -0.05) is 0 Å². The molecule has 7 heteroatoms. The Balaban J connectivity index is 2.40. The van der Waals surface area contributed by atoms with Crippen LogP contribution in [0, 0.1) is 6.92 Å². The molecule has 0 fully saturated rings. The predicted molar refractivity (Wildman–Crippen MR) is 69.5 cm³/mol. The van der Waals surface area contributed by atoms with Crippen LogP contribution in [-0.4, -0.2) is 30.1 Å². The summed E-state index contributed by atoms with van der Waals surface area (Å²) in [6.07, 6.45) is -3.23. The Kier molecular flexibility index (Phi) is 3.87. The predicted octanol–water partition coefficient (Wildman–Crippen LogP) is 2.63. The van der Waals surface area contributed by atoms with Crippen molar-refractivity contribution < 1.29 is 23.5 Å². The van der Waals surface area contributed by atoms with E-state index in [2.05, 4.69) is 5.32 Å². The summed E-state index contributed by atoms with van der Waals surface area (Å²) < 4.78 is 25.1. The molecule has 108 valence electrons. The van der Waals surface area contributed by atoms with E-state index in [-0.39, 0.29) is 12.3 Å². The number of rotatable bonds is 3. The summed E-state index contributed by atoms with van der Waals surface area (Å²) in [5, 5.41) is 11.0. The Hall–Kier alpha value is -2.18. The number of carboxylic acid groups (broad SMARTS) is 1. The second-order valence-electron chi connectivity index (χ2n) is 4.62. The molecule has 0 spiro atoms. The number of halogens is 2. The molecule has 1 aliphatic heterocycles. The molecule has 0 atom stereocenters. The lowest BCUT2D eigenvalue weighted by Gasteiger charge is -2.30. The maximum absolute atomic E-state index is 12.6. The van der Waals surface area contributed by atoms with E-state index >= 15 is 0 Å². The van der Waals surface area contributed by atoms with E-state index in [0.717, 1.165) is 4.90 Å². The van der Waals surface area contributed by atoms with Gasteiger partial charge in [0.2, 0.25) is 5.91 Å². The molecular formula is C13H14F2N2O3. The molecule has 1 aliphatic rings. The van der Waals surface area contributed by atoms with Crippen LogP contribution in [0.25, 0.3) is 0 Å². The molecule has 0 radical (unpaired) electrons. The first-order chi connectivity index (χ1) is 9.38. The van der Waals surface area contributed by atoms with Crippen LogP contribution in [0.1, 0.15) is 17.5 Å². The summed E-state index contributed by atoms with van der Waals surface area (Å²) >= 11 is 0. The van der Waals surface area contributed by atoms with Crippen molar-refractivity contribution in [1.29, 1.82) is 0 Å². The van der Waals surface area contributed by atoms with Gasteiger partial charge in [0, 0.05) is 17.8 Å². The van der Waals surface area contributed by atoms with E-state index in [9.17, 15) is 18.4 Å². The number of alkyl halides is 2. The lowest BCUT2D eigenvalue weighted by atomic mass is 9.98. The van der Waals surface area contributed by atoms with Gasteiger partial charge in [0.05, 0.1) is 6.54 Å². The monoisotopic (exact) mass is 284 g/mol. The first-order valence-corrected chi connectivity index (χ1v) is 6.10. The lowest BCUT2D eigenvalue weighted by Crippen LogP contribution is -2.38. The van der Waals surface area contributed by atoms with Crippen molar-refractivity contribution in [1.82, 2.24) is 0 Å². The van der Waals surface area contributed by atoms with Crippen molar-refractivity contribution >= 4 is 23.4 Å². The molecule has 0 aromatic heterocycles. The Morgan fingerprint density at radius 1 is 1.45 bits per heavy atom. The van der Waals surface area contributed by atoms with Gasteiger partial charge in [-0.25, -0.2) is 13.6 Å². The fourth-order valence-corrected chi connectivity index (χ4v) is 2.29. The molecular weight excluding hydrogens is 270 g/mol. The van der Waals surface area contributed by atoms with Crippen molar-refractivity contribution in [2.75, 3.05) is 16.8 Å². The summed E-state index contributed by atoms with van der Waals surface area (Å²) in [4.78, 5) is 23.5. The minimum Gasteiger partial charge on any atom is -0.465 e. The minimum atomic E-state index is -2.61. The standard InChI is InChI=1S/C13H14F2N2O3/c1-7-4-10-8(5-9(7)16-13(19)20)2-3-12(18)17(10)6-11(14)15/h4-5,11,16H,2-3,6H2,1H3,(H,19,20). The SMILES string of the molecule is Cc1cc2c(cc1NC(=O)O)CCC(=O)N2CC(F)F. The van der Waals surface area contributed by atoms with Crippen LogP contribution >= 0.6 is 0 Å². The van der Waals surface area contributed by atoms with Gasteiger partial charge < -0.3 is 10.0 Å². The molecule has 1 aromatic carbocycles. The smallest absolute Gasteiger partial charge is 0.409 e. The average molecular weight is 284 g/mol. The third-order valence-corrected chi connectivity index (χ3v) is 3.19. The number of amides is 2. The molecule has 1 heterocycles. The van der Waals surface area contributed by atoms with Crippen LogP contribution in [0.15, 0.2) is 12.1 Å². The largest absolute Gasteiger partial charge is 0.465 e. The third kappa shape index (κ3) is 2.87. The van der Waals surface area contributed by atoms with Crippen molar-refractivity contribution in [2.24, 2.45) is 0 Å². The Morgan fingerprint density at radius 3 is 2.75 bits per heavy atom. The number of benzene rings is 1. The quantitative estimate of drug-likeness (QED) is 0.896.